The van der Waals surface area contributed by atoms with Gasteiger partial charge in [0, 0.05) is 16.8 Å². The Hall–Kier alpha value is -1.07. The molecule has 3 rings (SSSR count). The second kappa shape index (κ2) is 6.36. The number of thioether (sulfide) groups is 1. The van der Waals surface area contributed by atoms with E-state index in [1.165, 1.54) is 0 Å². The third kappa shape index (κ3) is 3.40. The van der Waals surface area contributed by atoms with Gasteiger partial charge >= 0.3 is 0 Å². The van der Waals surface area contributed by atoms with Gasteiger partial charge in [0.2, 0.25) is 0 Å². The van der Waals surface area contributed by atoms with Crippen molar-refractivity contribution in [1.29, 1.82) is 0 Å². The van der Waals surface area contributed by atoms with Crippen LogP contribution < -0.4 is 0 Å². The summed E-state index contributed by atoms with van der Waals surface area (Å²) < 4.78 is 2.20. The average Bonchev–Trinajstić information content (AvgIpc) is 2.88. The minimum atomic E-state index is 0.592. The number of fused-ring (bicyclic) bond motifs is 1. The Kier molecular flexibility index (Phi) is 4.50. The van der Waals surface area contributed by atoms with Crippen LogP contribution in [-0.4, -0.2) is 17.5 Å². The number of aliphatic imine (C=N–C) groups is 1. The molecule has 0 saturated carbocycles. The molecule has 0 aliphatic carbocycles. The van der Waals surface area contributed by atoms with Gasteiger partial charge < -0.3 is 0 Å². The predicted molar refractivity (Wildman–Crippen MR) is 95.1 cm³/mol. The summed E-state index contributed by atoms with van der Waals surface area (Å²) in [7, 11) is 0. The van der Waals surface area contributed by atoms with Crippen molar-refractivity contribution in [3.63, 3.8) is 0 Å². The van der Waals surface area contributed by atoms with Crippen LogP contribution in [0.15, 0.2) is 45.7 Å². The number of nitrogens with zero attached hydrogens (tertiary/aromatic N) is 2. The van der Waals surface area contributed by atoms with Gasteiger partial charge in [0.15, 0.2) is 4.34 Å². The summed E-state index contributed by atoms with van der Waals surface area (Å²) in [5, 5.41) is 1.21. The quantitative estimate of drug-likeness (QED) is 0.421. The van der Waals surface area contributed by atoms with E-state index in [1.807, 2.05) is 30.5 Å². The Balaban J connectivity index is 1.91. The molecule has 0 unspecified atom stereocenters. The number of thiazole rings is 1. The van der Waals surface area contributed by atoms with E-state index in [0.717, 1.165) is 25.8 Å². The van der Waals surface area contributed by atoms with E-state index >= 15 is 0 Å². The normalized spacial score (nSPS) is 11.6. The van der Waals surface area contributed by atoms with Crippen molar-refractivity contribution in [2.24, 2.45) is 4.99 Å². The van der Waals surface area contributed by atoms with Gasteiger partial charge in [-0.3, -0.25) is 4.99 Å². The highest BCUT2D eigenvalue weighted by Gasteiger charge is 2.03. The molecule has 0 saturated heterocycles. The summed E-state index contributed by atoms with van der Waals surface area (Å²) in [6.07, 6.45) is 3.77. The van der Waals surface area contributed by atoms with Crippen molar-refractivity contribution in [1.82, 2.24) is 4.98 Å². The molecule has 0 spiro atoms. The fourth-order valence-electron chi connectivity index (χ4n) is 1.81. The van der Waals surface area contributed by atoms with E-state index in [2.05, 4.69) is 9.98 Å². The molecule has 0 fully saturated rings. The number of hydrogen-bond acceptors (Lipinski definition) is 4. The lowest BCUT2D eigenvalue weighted by atomic mass is 10.2. The minimum absolute atomic E-state index is 0.592. The van der Waals surface area contributed by atoms with Gasteiger partial charge in [-0.1, -0.05) is 41.0 Å². The van der Waals surface area contributed by atoms with Gasteiger partial charge in [0.25, 0.3) is 0 Å². The van der Waals surface area contributed by atoms with Crippen molar-refractivity contribution in [3.8, 4) is 0 Å². The van der Waals surface area contributed by atoms with Crippen molar-refractivity contribution in [2.45, 2.75) is 4.34 Å². The number of hydrogen-bond donors (Lipinski definition) is 0. The topological polar surface area (TPSA) is 25.2 Å². The van der Waals surface area contributed by atoms with Gasteiger partial charge in [-0.15, -0.1) is 11.3 Å². The minimum Gasteiger partial charge on any atom is -0.256 e. The molecule has 1 aromatic heterocycles. The van der Waals surface area contributed by atoms with Gasteiger partial charge in [0.1, 0.15) is 0 Å². The highest BCUT2D eigenvalue weighted by molar-refractivity contribution is 8.00. The van der Waals surface area contributed by atoms with E-state index in [9.17, 15) is 0 Å². The van der Waals surface area contributed by atoms with Crippen LogP contribution in [0.25, 0.3) is 10.2 Å². The molecule has 0 amide bonds. The molecule has 0 radical (unpaired) electrons. The van der Waals surface area contributed by atoms with Gasteiger partial charge in [0.05, 0.1) is 20.9 Å². The highest BCUT2D eigenvalue weighted by atomic mass is 35.5. The first-order chi connectivity index (χ1) is 10.2. The molecule has 0 aliphatic heterocycles. The highest BCUT2D eigenvalue weighted by Crippen LogP contribution is 2.31. The van der Waals surface area contributed by atoms with Gasteiger partial charge in [-0.2, -0.15) is 0 Å². The van der Waals surface area contributed by atoms with Crippen LogP contribution in [-0.2, 0) is 0 Å². The fourth-order valence-corrected chi connectivity index (χ4v) is 3.79. The van der Waals surface area contributed by atoms with Crippen molar-refractivity contribution in [2.75, 3.05) is 6.26 Å². The van der Waals surface area contributed by atoms with Crippen LogP contribution >= 0.6 is 46.3 Å². The van der Waals surface area contributed by atoms with Crippen LogP contribution in [0.2, 0.25) is 10.0 Å². The largest absolute Gasteiger partial charge is 0.256 e. The predicted octanol–water partition coefficient (Wildman–Crippen LogP) is 6.08. The Morgan fingerprint density at radius 1 is 1.19 bits per heavy atom. The second-order valence-electron chi connectivity index (χ2n) is 4.26. The summed E-state index contributed by atoms with van der Waals surface area (Å²) in [6.45, 7) is 0. The van der Waals surface area contributed by atoms with Crippen LogP contribution in [0.3, 0.4) is 0 Å². The van der Waals surface area contributed by atoms with Crippen LogP contribution in [0.4, 0.5) is 5.69 Å². The van der Waals surface area contributed by atoms with Gasteiger partial charge in [-0.05, 0) is 36.6 Å². The Labute approximate surface area is 140 Å². The maximum absolute atomic E-state index is 6.13. The zero-order valence-electron chi connectivity index (χ0n) is 11.0. The van der Waals surface area contributed by atoms with E-state index in [0.29, 0.717) is 10.0 Å². The maximum Gasteiger partial charge on any atom is 0.150 e. The lowest BCUT2D eigenvalue weighted by Gasteiger charge is -1.98. The SMILES string of the molecule is CSc1nc2ccc(N=Cc3ccc(Cl)cc3Cl)cc2s1. The zero-order valence-corrected chi connectivity index (χ0v) is 14.2. The van der Waals surface area contributed by atoms with Crippen LogP contribution in [0.5, 0.6) is 0 Å². The van der Waals surface area contributed by atoms with Gasteiger partial charge in [-0.25, -0.2) is 4.98 Å². The monoisotopic (exact) mass is 352 g/mol. The molecule has 3 aromatic rings. The maximum atomic E-state index is 6.13. The molecular formula is C15H10Cl2N2S2. The van der Waals surface area contributed by atoms with E-state index in [1.54, 1.807) is 41.4 Å². The van der Waals surface area contributed by atoms with Crippen molar-refractivity contribution >= 4 is 68.4 Å². The summed E-state index contributed by atoms with van der Waals surface area (Å²) >= 11 is 15.3. The number of halogens is 2. The zero-order chi connectivity index (χ0) is 14.8. The summed E-state index contributed by atoms with van der Waals surface area (Å²) in [6, 6.07) is 11.3. The molecule has 2 nitrogen and oxygen atoms in total. The average molecular weight is 353 g/mol. The van der Waals surface area contributed by atoms with Crippen LogP contribution in [0.1, 0.15) is 5.56 Å². The molecule has 0 atom stereocenters. The standard InChI is InChI=1S/C15H10Cl2N2S2/c1-20-15-19-13-5-4-11(7-14(13)21-15)18-8-9-2-3-10(16)6-12(9)17/h2-8H,1H3. The van der Waals surface area contributed by atoms with Crippen molar-refractivity contribution < 1.29 is 0 Å². The third-order valence-corrected chi connectivity index (χ3v) is 5.41. The molecule has 0 aliphatic rings. The first-order valence-electron chi connectivity index (χ1n) is 6.09. The summed E-state index contributed by atoms with van der Waals surface area (Å²) in [4.78, 5) is 8.98. The summed E-state index contributed by atoms with van der Waals surface area (Å²) in [5.74, 6) is 0. The second-order valence-corrected chi connectivity index (χ2v) is 7.19. The molecule has 6 heteroatoms. The molecular weight excluding hydrogens is 343 g/mol. The van der Waals surface area contributed by atoms with E-state index in [4.69, 9.17) is 23.2 Å². The Morgan fingerprint density at radius 3 is 2.81 bits per heavy atom. The first-order valence-corrected chi connectivity index (χ1v) is 8.89. The lowest BCUT2D eigenvalue weighted by Crippen LogP contribution is -1.82. The Bertz CT molecular complexity index is 828. The molecule has 0 bridgehead atoms. The molecule has 0 N–H and O–H groups in total. The molecule has 21 heavy (non-hydrogen) atoms. The molecule has 106 valence electrons. The van der Waals surface area contributed by atoms with E-state index < -0.39 is 0 Å². The molecule has 2 aromatic carbocycles. The lowest BCUT2D eigenvalue weighted by molar-refractivity contribution is 1.31. The van der Waals surface area contributed by atoms with E-state index in [-0.39, 0.29) is 0 Å². The fraction of sp³-hybridized carbons (Fsp3) is 0.0667. The number of rotatable bonds is 3. The number of aromatic nitrogens is 1. The number of benzene rings is 2. The summed E-state index contributed by atoms with van der Waals surface area (Å²) in [5.41, 5.74) is 2.73. The Morgan fingerprint density at radius 2 is 2.05 bits per heavy atom. The molecule has 1 heterocycles. The smallest absolute Gasteiger partial charge is 0.150 e. The van der Waals surface area contributed by atoms with Crippen molar-refractivity contribution in [3.05, 3.63) is 52.0 Å². The van der Waals surface area contributed by atoms with Crippen LogP contribution in [0, 0.1) is 0 Å². The first kappa shape index (κ1) is 14.9. The third-order valence-electron chi connectivity index (χ3n) is 2.84.